The van der Waals surface area contributed by atoms with Gasteiger partial charge in [-0.2, -0.15) is 0 Å². The molecule has 4 rings (SSSR count). The molecule has 0 N–H and O–H groups in total. The van der Waals surface area contributed by atoms with Crippen molar-refractivity contribution in [2.45, 2.75) is 31.3 Å². The average Bonchev–Trinajstić information content (AvgIpc) is 2.92. The van der Waals surface area contributed by atoms with E-state index in [1.165, 1.54) is 16.7 Å². The van der Waals surface area contributed by atoms with E-state index in [2.05, 4.69) is 59.5 Å². The number of likely N-dealkylation sites (tertiary alicyclic amines) is 1. The summed E-state index contributed by atoms with van der Waals surface area (Å²) >= 11 is 0. The lowest BCUT2D eigenvalue weighted by Crippen LogP contribution is -2.42. The van der Waals surface area contributed by atoms with Crippen LogP contribution in [0.2, 0.25) is 0 Å². The lowest BCUT2D eigenvalue weighted by Gasteiger charge is -2.39. The fourth-order valence-electron chi connectivity index (χ4n) is 3.93. The van der Waals surface area contributed by atoms with Gasteiger partial charge >= 0.3 is 0 Å². The molecule has 2 aliphatic rings. The molecule has 0 bridgehead atoms. The Labute approximate surface area is 137 Å². The highest BCUT2D eigenvalue weighted by molar-refractivity contribution is 5.37. The lowest BCUT2D eigenvalue weighted by atomic mass is 9.83. The van der Waals surface area contributed by atoms with Gasteiger partial charge in [0, 0.05) is 32.3 Å². The van der Waals surface area contributed by atoms with E-state index in [0.717, 1.165) is 32.5 Å². The molecule has 0 radical (unpaired) electrons. The van der Waals surface area contributed by atoms with Crippen molar-refractivity contribution in [1.82, 2.24) is 4.90 Å². The highest BCUT2D eigenvalue weighted by atomic mass is 16.7. The summed E-state index contributed by atoms with van der Waals surface area (Å²) in [5.41, 5.74) is 3.74. The van der Waals surface area contributed by atoms with Crippen molar-refractivity contribution in [2.24, 2.45) is 0 Å². The summed E-state index contributed by atoms with van der Waals surface area (Å²) in [7, 11) is 1.73. The van der Waals surface area contributed by atoms with Crippen LogP contribution in [0, 0.1) is 0 Å². The van der Waals surface area contributed by atoms with Gasteiger partial charge in [-0.3, -0.25) is 4.90 Å². The molecule has 0 amide bonds. The van der Waals surface area contributed by atoms with Crippen LogP contribution in [0.1, 0.15) is 35.8 Å². The van der Waals surface area contributed by atoms with Gasteiger partial charge in [-0.15, -0.1) is 0 Å². The van der Waals surface area contributed by atoms with E-state index in [-0.39, 0.29) is 11.9 Å². The number of methoxy groups -OCH3 is 1. The van der Waals surface area contributed by atoms with Crippen molar-refractivity contribution in [2.75, 3.05) is 20.2 Å². The van der Waals surface area contributed by atoms with Crippen molar-refractivity contribution in [3.05, 3.63) is 71.3 Å². The molecule has 2 aromatic carbocycles. The van der Waals surface area contributed by atoms with E-state index in [1.54, 1.807) is 7.11 Å². The molecule has 23 heavy (non-hydrogen) atoms. The van der Waals surface area contributed by atoms with Crippen molar-refractivity contribution in [3.8, 4) is 0 Å². The van der Waals surface area contributed by atoms with Gasteiger partial charge in [-0.25, -0.2) is 0 Å². The van der Waals surface area contributed by atoms with Gasteiger partial charge in [0.2, 0.25) is 0 Å². The largest absolute Gasteiger partial charge is 0.352 e. The van der Waals surface area contributed by atoms with Crippen LogP contribution in [0.3, 0.4) is 0 Å². The maximum absolute atomic E-state index is 6.36. The number of ether oxygens (including phenoxy) is 2. The van der Waals surface area contributed by atoms with Gasteiger partial charge in [0.05, 0.1) is 5.60 Å². The molecule has 1 saturated heterocycles. The third-order valence-electron chi connectivity index (χ3n) is 5.17. The zero-order valence-corrected chi connectivity index (χ0v) is 13.6. The van der Waals surface area contributed by atoms with Gasteiger partial charge in [-0.05, 0) is 24.0 Å². The molecule has 1 fully saturated rings. The number of hydrogen-bond acceptors (Lipinski definition) is 3. The van der Waals surface area contributed by atoms with E-state index >= 15 is 0 Å². The second-order valence-electron chi connectivity index (χ2n) is 6.53. The monoisotopic (exact) mass is 309 g/mol. The van der Waals surface area contributed by atoms with Crippen LogP contribution in [0.25, 0.3) is 0 Å². The Morgan fingerprint density at radius 1 is 1.04 bits per heavy atom. The van der Waals surface area contributed by atoms with Crippen LogP contribution < -0.4 is 0 Å². The van der Waals surface area contributed by atoms with Crippen LogP contribution in [-0.4, -0.2) is 25.1 Å². The van der Waals surface area contributed by atoms with Crippen LogP contribution in [-0.2, 0) is 21.6 Å². The number of hydrogen-bond donors (Lipinski definition) is 0. The Morgan fingerprint density at radius 2 is 1.74 bits per heavy atom. The Balaban J connectivity index is 1.49. The average molecular weight is 309 g/mol. The second-order valence-corrected chi connectivity index (χ2v) is 6.53. The topological polar surface area (TPSA) is 21.7 Å². The van der Waals surface area contributed by atoms with E-state index < -0.39 is 0 Å². The standard InChI is InChI=1S/C20H23NO2/c1-22-19-17-9-5-6-10-18(17)20(23-19)11-13-21(14-12-20)15-16-7-3-2-4-8-16/h2-10,19H,11-15H2,1H3/t19-/m0/s1. The fraction of sp³-hybridized carbons (Fsp3) is 0.400. The Morgan fingerprint density at radius 3 is 2.48 bits per heavy atom. The maximum Gasteiger partial charge on any atom is 0.184 e. The third kappa shape index (κ3) is 2.69. The maximum atomic E-state index is 6.36. The quantitative estimate of drug-likeness (QED) is 0.859. The van der Waals surface area contributed by atoms with E-state index in [1.807, 2.05) is 0 Å². The first-order valence-corrected chi connectivity index (χ1v) is 8.37. The van der Waals surface area contributed by atoms with Gasteiger partial charge in [0.1, 0.15) is 0 Å². The minimum Gasteiger partial charge on any atom is -0.352 e. The Hall–Kier alpha value is -1.68. The number of fused-ring (bicyclic) bond motifs is 2. The molecular formula is C20H23NO2. The van der Waals surface area contributed by atoms with Crippen molar-refractivity contribution in [3.63, 3.8) is 0 Å². The van der Waals surface area contributed by atoms with Crippen LogP contribution in [0.4, 0.5) is 0 Å². The Bertz CT molecular complexity index is 662. The SMILES string of the molecule is CO[C@H]1OC2(CCN(Cc3ccccc3)CC2)c2ccccc21. The van der Waals surface area contributed by atoms with Gasteiger partial charge in [-0.1, -0.05) is 54.6 Å². The summed E-state index contributed by atoms with van der Waals surface area (Å²) in [5.74, 6) is 0. The molecule has 2 heterocycles. The third-order valence-corrected chi connectivity index (χ3v) is 5.17. The summed E-state index contributed by atoms with van der Waals surface area (Å²) < 4.78 is 11.9. The second kappa shape index (κ2) is 6.08. The summed E-state index contributed by atoms with van der Waals surface area (Å²) in [6.07, 6.45) is 1.83. The number of rotatable bonds is 3. The van der Waals surface area contributed by atoms with Crippen molar-refractivity contribution < 1.29 is 9.47 Å². The molecule has 2 aliphatic heterocycles. The van der Waals surface area contributed by atoms with Gasteiger partial charge in [0.15, 0.2) is 6.29 Å². The molecular weight excluding hydrogens is 286 g/mol. The summed E-state index contributed by atoms with van der Waals surface area (Å²) in [4.78, 5) is 2.52. The van der Waals surface area contributed by atoms with Crippen LogP contribution in [0.5, 0.6) is 0 Å². The lowest BCUT2D eigenvalue weighted by molar-refractivity contribution is -0.202. The molecule has 3 nitrogen and oxygen atoms in total. The first-order valence-electron chi connectivity index (χ1n) is 8.37. The molecule has 3 heteroatoms. The number of benzene rings is 2. The molecule has 1 spiro atoms. The van der Waals surface area contributed by atoms with Crippen LogP contribution in [0.15, 0.2) is 54.6 Å². The molecule has 2 aromatic rings. The minimum atomic E-state index is -0.216. The van der Waals surface area contributed by atoms with Crippen LogP contribution >= 0.6 is 0 Å². The summed E-state index contributed by atoms with van der Waals surface area (Å²) in [6.45, 7) is 3.13. The minimum absolute atomic E-state index is 0.162. The van der Waals surface area contributed by atoms with Crippen molar-refractivity contribution >= 4 is 0 Å². The summed E-state index contributed by atoms with van der Waals surface area (Å²) in [5, 5.41) is 0. The molecule has 0 saturated carbocycles. The molecule has 0 aromatic heterocycles. The van der Waals surface area contributed by atoms with E-state index in [9.17, 15) is 0 Å². The molecule has 120 valence electrons. The smallest absolute Gasteiger partial charge is 0.184 e. The first kappa shape index (κ1) is 14.9. The predicted molar refractivity (Wildman–Crippen MR) is 89.9 cm³/mol. The van der Waals surface area contributed by atoms with E-state index in [4.69, 9.17) is 9.47 Å². The van der Waals surface area contributed by atoms with Gasteiger partial charge < -0.3 is 9.47 Å². The predicted octanol–water partition coefficient (Wildman–Crippen LogP) is 3.85. The van der Waals surface area contributed by atoms with E-state index in [0.29, 0.717) is 0 Å². The zero-order valence-electron chi connectivity index (χ0n) is 13.6. The number of piperidine rings is 1. The normalized spacial score (nSPS) is 23.1. The number of nitrogens with zero attached hydrogens (tertiary/aromatic N) is 1. The van der Waals surface area contributed by atoms with Crippen molar-refractivity contribution in [1.29, 1.82) is 0 Å². The van der Waals surface area contributed by atoms with Gasteiger partial charge in [0.25, 0.3) is 0 Å². The molecule has 1 atom stereocenters. The Kier molecular flexibility index (Phi) is 3.93. The first-order chi connectivity index (χ1) is 11.3. The highest BCUT2D eigenvalue weighted by Crippen LogP contribution is 2.49. The highest BCUT2D eigenvalue weighted by Gasteiger charge is 2.46. The fourth-order valence-corrected chi connectivity index (χ4v) is 3.93. The summed E-state index contributed by atoms with van der Waals surface area (Å²) in [6, 6.07) is 19.2. The zero-order chi connectivity index (χ0) is 15.7. The molecule has 0 unspecified atom stereocenters. The molecule has 0 aliphatic carbocycles.